The van der Waals surface area contributed by atoms with E-state index in [4.69, 9.17) is 9.84 Å². The number of carbonyl (C=O) groups excluding carboxylic acids is 1. The third-order valence-electron chi connectivity index (χ3n) is 5.95. The molecule has 1 amide bonds. The van der Waals surface area contributed by atoms with Crippen LogP contribution in [0.2, 0.25) is 0 Å². The number of carbonyl (C=O) groups is 1. The van der Waals surface area contributed by atoms with Crippen LogP contribution >= 0.6 is 0 Å². The molecule has 0 N–H and O–H groups in total. The van der Waals surface area contributed by atoms with E-state index in [1.165, 1.54) is 6.08 Å². The van der Waals surface area contributed by atoms with Crippen molar-refractivity contribution < 1.29 is 9.53 Å². The van der Waals surface area contributed by atoms with Gasteiger partial charge in [-0.15, -0.1) is 0 Å². The molecule has 1 saturated heterocycles. The topological polar surface area (TPSA) is 73.1 Å². The van der Waals surface area contributed by atoms with Crippen molar-refractivity contribution in [3.63, 3.8) is 0 Å². The first-order valence-corrected chi connectivity index (χ1v) is 11.1. The molecular formula is C26H25N5O2. The van der Waals surface area contributed by atoms with Gasteiger partial charge in [-0.25, -0.2) is 14.6 Å². The summed E-state index contributed by atoms with van der Waals surface area (Å²) in [6.45, 7) is 6.99. The first-order chi connectivity index (χ1) is 16.1. The Labute approximate surface area is 192 Å². The summed E-state index contributed by atoms with van der Waals surface area (Å²) >= 11 is 0. The van der Waals surface area contributed by atoms with Crippen molar-refractivity contribution in [2.24, 2.45) is 0 Å². The van der Waals surface area contributed by atoms with Crippen LogP contribution in [0.3, 0.4) is 0 Å². The summed E-state index contributed by atoms with van der Waals surface area (Å²) in [6, 6.07) is 15.9. The number of amides is 1. The monoisotopic (exact) mass is 439 g/mol. The van der Waals surface area contributed by atoms with Crippen molar-refractivity contribution in [1.82, 2.24) is 24.6 Å². The van der Waals surface area contributed by atoms with E-state index in [-0.39, 0.29) is 11.9 Å². The minimum Gasteiger partial charge on any atom is -0.457 e. The number of rotatable bonds is 5. The van der Waals surface area contributed by atoms with Crippen LogP contribution in [0.15, 0.2) is 73.7 Å². The zero-order valence-electron chi connectivity index (χ0n) is 18.5. The molecule has 2 aromatic heterocycles. The van der Waals surface area contributed by atoms with Gasteiger partial charge in [0.1, 0.15) is 23.5 Å². The largest absolute Gasteiger partial charge is 0.457 e. The Balaban J connectivity index is 1.45. The van der Waals surface area contributed by atoms with Gasteiger partial charge in [-0.2, -0.15) is 5.10 Å². The molecule has 2 aromatic carbocycles. The van der Waals surface area contributed by atoms with Crippen LogP contribution in [0.25, 0.3) is 22.3 Å². The summed E-state index contributed by atoms with van der Waals surface area (Å²) in [5, 5.41) is 5.82. The Morgan fingerprint density at radius 3 is 2.82 bits per heavy atom. The molecule has 7 heteroatoms. The van der Waals surface area contributed by atoms with Crippen molar-refractivity contribution in [2.75, 3.05) is 13.1 Å². The Morgan fingerprint density at radius 1 is 1.18 bits per heavy atom. The summed E-state index contributed by atoms with van der Waals surface area (Å²) in [5.74, 6) is 1.52. The quantitative estimate of drug-likeness (QED) is 0.412. The molecule has 166 valence electrons. The highest BCUT2D eigenvalue weighted by Gasteiger charge is 2.27. The normalized spacial score (nSPS) is 16.0. The zero-order chi connectivity index (χ0) is 22.8. The van der Waals surface area contributed by atoms with Crippen molar-refractivity contribution in [2.45, 2.75) is 25.8 Å². The van der Waals surface area contributed by atoms with Gasteiger partial charge in [-0.05, 0) is 67.8 Å². The number of aromatic nitrogens is 4. The van der Waals surface area contributed by atoms with Gasteiger partial charge in [0.2, 0.25) is 5.91 Å². The van der Waals surface area contributed by atoms with Crippen LogP contribution in [0.4, 0.5) is 0 Å². The van der Waals surface area contributed by atoms with Gasteiger partial charge in [0.05, 0.1) is 11.4 Å². The molecule has 33 heavy (non-hydrogen) atoms. The Hall–Kier alpha value is -4.00. The fraction of sp³-hybridized carbons (Fsp3) is 0.231. The van der Waals surface area contributed by atoms with Gasteiger partial charge in [-0.1, -0.05) is 18.7 Å². The minimum absolute atomic E-state index is 0.0461. The molecule has 3 heterocycles. The molecule has 1 aliphatic heterocycles. The van der Waals surface area contributed by atoms with E-state index in [1.807, 2.05) is 65.0 Å². The van der Waals surface area contributed by atoms with Gasteiger partial charge < -0.3 is 9.64 Å². The molecule has 0 radical (unpaired) electrons. The lowest BCUT2D eigenvalue weighted by Crippen LogP contribution is -2.40. The van der Waals surface area contributed by atoms with E-state index in [0.717, 1.165) is 58.7 Å². The molecule has 0 bridgehead atoms. The average Bonchev–Trinajstić information content (AvgIpc) is 3.24. The van der Waals surface area contributed by atoms with Crippen LogP contribution in [-0.2, 0) is 4.79 Å². The van der Waals surface area contributed by atoms with Crippen LogP contribution in [0, 0.1) is 6.92 Å². The Bertz CT molecular complexity index is 1310. The molecule has 4 aromatic rings. The van der Waals surface area contributed by atoms with E-state index in [2.05, 4.69) is 16.5 Å². The summed E-state index contributed by atoms with van der Waals surface area (Å²) in [5.41, 5.74) is 3.70. The lowest BCUT2D eigenvalue weighted by molar-refractivity contribution is -0.127. The van der Waals surface area contributed by atoms with Crippen LogP contribution in [0.1, 0.15) is 24.4 Å². The SMILES string of the molecule is C=CC(=O)N1CCCC(n2nc(-c3ccc(Oc4cccc(C)c4)cc3)c3cncnc32)C1. The van der Waals surface area contributed by atoms with Crippen molar-refractivity contribution in [3.8, 4) is 22.8 Å². The summed E-state index contributed by atoms with van der Waals surface area (Å²) in [4.78, 5) is 22.7. The zero-order valence-corrected chi connectivity index (χ0v) is 18.5. The lowest BCUT2D eigenvalue weighted by Gasteiger charge is -2.32. The summed E-state index contributed by atoms with van der Waals surface area (Å²) in [7, 11) is 0. The molecule has 7 nitrogen and oxygen atoms in total. The lowest BCUT2D eigenvalue weighted by atomic mass is 10.1. The van der Waals surface area contributed by atoms with Gasteiger partial charge in [0, 0.05) is 24.8 Å². The fourth-order valence-corrected chi connectivity index (χ4v) is 4.33. The molecule has 0 saturated carbocycles. The van der Waals surface area contributed by atoms with E-state index in [9.17, 15) is 4.79 Å². The number of likely N-dealkylation sites (tertiary alicyclic amines) is 1. The highest BCUT2D eigenvalue weighted by molar-refractivity contribution is 5.90. The van der Waals surface area contributed by atoms with Crippen LogP contribution in [-0.4, -0.2) is 43.6 Å². The summed E-state index contributed by atoms with van der Waals surface area (Å²) < 4.78 is 7.94. The third-order valence-corrected chi connectivity index (χ3v) is 5.95. The van der Waals surface area contributed by atoms with Crippen molar-refractivity contribution in [3.05, 3.63) is 79.3 Å². The maximum atomic E-state index is 12.2. The minimum atomic E-state index is -0.0461. The van der Waals surface area contributed by atoms with Gasteiger partial charge in [0.15, 0.2) is 5.65 Å². The average molecular weight is 440 g/mol. The molecule has 1 fully saturated rings. The second kappa shape index (κ2) is 8.86. The standard InChI is InChI=1S/C26H25N5O2/c1-3-24(32)30-13-5-7-20(16-30)31-26-23(15-27-17-28-26)25(29-31)19-9-11-21(12-10-19)33-22-8-4-6-18(2)14-22/h3-4,6,8-12,14-15,17,20H,1,5,7,13,16H2,2H3. The molecular weight excluding hydrogens is 414 g/mol. The maximum Gasteiger partial charge on any atom is 0.246 e. The predicted octanol–water partition coefficient (Wildman–Crippen LogP) is 4.94. The number of benzene rings is 2. The van der Waals surface area contributed by atoms with E-state index in [0.29, 0.717) is 6.54 Å². The van der Waals surface area contributed by atoms with Gasteiger partial charge in [-0.3, -0.25) is 4.79 Å². The number of aryl methyl sites for hydroxylation is 1. The number of nitrogens with zero attached hydrogens (tertiary/aromatic N) is 5. The van der Waals surface area contributed by atoms with Gasteiger partial charge >= 0.3 is 0 Å². The molecule has 0 aliphatic carbocycles. The first kappa shape index (κ1) is 20.9. The number of fused-ring (bicyclic) bond motifs is 1. The highest BCUT2D eigenvalue weighted by atomic mass is 16.5. The smallest absolute Gasteiger partial charge is 0.246 e. The maximum absolute atomic E-state index is 12.2. The van der Waals surface area contributed by atoms with E-state index in [1.54, 1.807) is 12.5 Å². The molecule has 0 spiro atoms. The number of piperidine rings is 1. The molecule has 1 unspecified atom stereocenters. The number of hydrogen-bond acceptors (Lipinski definition) is 5. The van der Waals surface area contributed by atoms with Crippen molar-refractivity contribution in [1.29, 1.82) is 0 Å². The summed E-state index contributed by atoms with van der Waals surface area (Å²) in [6.07, 6.45) is 6.56. The van der Waals surface area contributed by atoms with Crippen LogP contribution in [0.5, 0.6) is 11.5 Å². The molecule has 1 aliphatic rings. The van der Waals surface area contributed by atoms with E-state index < -0.39 is 0 Å². The van der Waals surface area contributed by atoms with Crippen LogP contribution < -0.4 is 4.74 Å². The highest BCUT2D eigenvalue weighted by Crippen LogP contribution is 2.32. The van der Waals surface area contributed by atoms with Gasteiger partial charge in [0.25, 0.3) is 0 Å². The fourth-order valence-electron chi connectivity index (χ4n) is 4.33. The first-order valence-electron chi connectivity index (χ1n) is 11.1. The molecule has 1 atom stereocenters. The third kappa shape index (κ3) is 4.22. The molecule has 5 rings (SSSR count). The second-order valence-electron chi connectivity index (χ2n) is 8.28. The Morgan fingerprint density at radius 2 is 2.03 bits per heavy atom. The van der Waals surface area contributed by atoms with Crippen molar-refractivity contribution >= 4 is 16.9 Å². The second-order valence-corrected chi connectivity index (χ2v) is 8.28. The Kier molecular flexibility index (Phi) is 5.60. The predicted molar refractivity (Wildman–Crippen MR) is 127 cm³/mol. The number of hydrogen-bond donors (Lipinski definition) is 0. The number of ether oxygens (including phenoxy) is 1. The van der Waals surface area contributed by atoms with E-state index >= 15 is 0 Å².